The summed E-state index contributed by atoms with van der Waals surface area (Å²) in [7, 11) is 1.54. The number of thiazole rings is 1. The van der Waals surface area contributed by atoms with Crippen molar-refractivity contribution in [2.45, 2.75) is 6.04 Å². The van der Waals surface area contributed by atoms with Crippen molar-refractivity contribution in [3.63, 3.8) is 0 Å². The highest BCUT2D eigenvalue weighted by Crippen LogP contribution is 2.45. The first-order chi connectivity index (χ1) is 16.0. The summed E-state index contributed by atoms with van der Waals surface area (Å²) < 4.78 is 20.9. The molecule has 1 aliphatic rings. The Hall–Kier alpha value is -4.11. The highest BCUT2D eigenvalue weighted by molar-refractivity contribution is 7.22. The number of pyridine rings is 1. The second-order valence-corrected chi connectivity index (χ2v) is 8.27. The van der Waals surface area contributed by atoms with Crippen LogP contribution >= 0.6 is 11.3 Å². The fourth-order valence-corrected chi connectivity index (χ4v) is 4.83. The lowest BCUT2D eigenvalue weighted by Gasteiger charge is -2.23. The number of ketones is 1. The Bertz CT molecular complexity index is 1430. The Kier molecular flexibility index (Phi) is 5.10. The van der Waals surface area contributed by atoms with Crippen LogP contribution in [-0.4, -0.2) is 33.9 Å². The average molecular weight is 461 g/mol. The van der Waals surface area contributed by atoms with Crippen molar-refractivity contribution in [1.29, 1.82) is 0 Å². The third-order valence-electron chi connectivity index (χ3n) is 5.39. The Balaban J connectivity index is 1.74. The van der Waals surface area contributed by atoms with Crippen LogP contribution in [0.5, 0.6) is 5.75 Å². The van der Waals surface area contributed by atoms with Gasteiger partial charge in [0.25, 0.3) is 5.78 Å². The van der Waals surface area contributed by atoms with Gasteiger partial charge in [0, 0.05) is 23.5 Å². The van der Waals surface area contributed by atoms with E-state index in [2.05, 4.69) is 9.97 Å². The van der Waals surface area contributed by atoms with Crippen molar-refractivity contribution in [1.82, 2.24) is 9.97 Å². The fourth-order valence-electron chi connectivity index (χ4n) is 3.81. The van der Waals surface area contributed by atoms with Gasteiger partial charge >= 0.3 is 5.91 Å². The van der Waals surface area contributed by atoms with Gasteiger partial charge < -0.3 is 9.84 Å². The molecular formula is C24H16FN3O4S. The lowest BCUT2D eigenvalue weighted by atomic mass is 9.95. The first-order valence-corrected chi connectivity index (χ1v) is 10.7. The van der Waals surface area contributed by atoms with Crippen LogP contribution in [-0.2, 0) is 9.59 Å². The second-order valence-electron chi connectivity index (χ2n) is 7.26. The number of carbonyl (C=O) groups excluding carboxylic acids is 2. The number of hydrogen-bond donors (Lipinski definition) is 1. The summed E-state index contributed by atoms with van der Waals surface area (Å²) >= 11 is 1.17. The standard InChI is InChI=1S/C24H16FN3O4S/c1-32-14-6-7-17-18(12-14)33-24(27-17)28-20(15-4-2-3-5-16(15)25)19(22(30)23(28)31)21(29)13-8-10-26-11-9-13/h2-12,20,29H,1H3. The molecule has 7 nitrogen and oxygen atoms in total. The summed E-state index contributed by atoms with van der Waals surface area (Å²) in [6, 6.07) is 12.9. The minimum absolute atomic E-state index is 0.0733. The van der Waals surface area contributed by atoms with Gasteiger partial charge in [-0.25, -0.2) is 9.37 Å². The van der Waals surface area contributed by atoms with Crippen molar-refractivity contribution in [3.8, 4) is 5.75 Å². The van der Waals surface area contributed by atoms with Crippen LogP contribution in [0, 0.1) is 5.82 Å². The van der Waals surface area contributed by atoms with Crippen LogP contribution in [0.25, 0.3) is 16.0 Å². The van der Waals surface area contributed by atoms with E-state index in [9.17, 15) is 19.1 Å². The molecule has 5 rings (SSSR count). The van der Waals surface area contributed by atoms with Crippen LogP contribution in [0.1, 0.15) is 17.2 Å². The van der Waals surface area contributed by atoms with Gasteiger partial charge in [0.15, 0.2) is 5.13 Å². The molecule has 0 radical (unpaired) electrons. The van der Waals surface area contributed by atoms with Crippen molar-refractivity contribution in [3.05, 3.63) is 89.5 Å². The number of aromatic nitrogens is 2. The summed E-state index contributed by atoms with van der Waals surface area (Å²) in [5.41, 5.74) is 0.745. The lowest BCUT2D eigenvalue weighted by Crippen LogP contribution is -2.29. The molecule has 2 aromatic carbocycles. The van der Waals surface area contributed by atoms with Crippen LogP contribution in [0.2, 0.25) is 0 Å². The third-order valence-corrected chi connectivity index (χ3v) is 6.41. The minimum Gasteiger partial charge on any atom is -0.507 e. The molecule has 0 aliphatic carbocycles. The van der Waals surface area contributed by atoms with E-state index in [0.29, 0.717) is 16.8 Å². The molecule has 0 saturated carbocycles. The van der Waals surface area contributed by atoms with Gasteiger partial charge in [0.1, 0.15) is 23.4 Å². The van der Waals surface area contributed by atoms with Crippen LogP contribution in [0.4, 0.5) is 9.52 Å². The zero-order valence-corrected chi connectivity index (χ0v) is 18.0. The number of benzene rings is 2. The number of rotatable bonds is 4. The number of fused-ring (bicyclic) bond motifs is 1. The van der Waals surface area contributed by atoms with Crippen LogP contribution in [0.15, 0.2) is 72.6 Å². The average Bonchev–Trinajstić information content (AvgIpc) is 3.37. The topological polar surface area (TPSA) is 92.6 Å². The molecule has 1 amide bonds. The zero-order valence-electron chi connectivity index (χ0n) is 17.2. The van der Waals surface area contributed by atoms with Gasteiger partial charge in [-0.05, 0) is 36.4 Å². The Labute approximate surface area is 191 Å². The van der Waals surface area contributed by atoms with E-state index in [0.717, 1.165) is 9.60 Å². The van der Waals surface area contributed by atoms with Gasteiger partial charge in [0.2, 0.25) is 0 Å². The number of carbonyl (C=O) groups is 2. The molecule has 9 heteroatoms. The quantitative estimate of drug-likeness (QED) is 0.274. The maximum atomic E-state index is 14.9. The number of aliphatic hydroxyl groups excluding tert-OH is 1. The SMILES string of the molecule is COc1ccc2nc(N3C(=O)C(=O)C(=C(O)c4ccncc4)C3c3ccccc3F)sc2c1. The summed E-state index contributed by atoms with van der Waals surface area (Å²) in [6.45, 7) is 0. The van der Waals surface area contributed by atoms with Crippen molar-refractivity contribution in [2.75, 3.05) is 12.0 Å². The third kappa shape index (κ3) is 3.42. The monoisotopic (exact) mass is 461 g/mol. The molecule has 1 atom stereocenters. The lowest BCUT2D eigenvalue weighted by molar-refractivity contribution is -0.132. The van der Waals surface area contributed by atoms with E-state index >= 15 is 0 Å². The molecule has 33 heavy (non-hydrogen) atoms. The van der Waals surface area contributed by atoms with Crippen molar-refractivity contribution < 1.29 is 23.8 Å². The molecule has 1 N–H and O–H groups in total. The van der Waals surface area contributed by atoms with E-state index < -0.39 is 29.3 Å². The molecule has 1 fully saturated rings. The molecule has 4 aromatic rings. The predicted octanol–water partition coefficient (Wildman–Crippen LogP) is 4.47. The molecule has 1 saturated heterocycles. The molecule has 3 heterocycles. The van der Waals surface area contributed by atoms with E-state index in [1.165, 1.54) is 54.1 Å². The maximum Gasteiger partial charge on any atom is 0.301 e. The van der Waals surface area contributed by atoms with Gasteiger partial charge in [-0.1, -0.05) is 29.5 Å². The Morgan fingerprint density at radius 2 is 1.88 bits per heavy atom. The molecule has 0 bridgehead atoms. The number of Topliss-reactive ketones (excluding diaryl/α,β-unsaturated/α-hetero) is 1. The molecule has 1 aliphatic heterocycles. The van der Waals surface area contributed by atoms with E-state index in [1.807, 2.05) is 0 Å². The molecular weight excluding hydrogens is 445 g/mol. The minimum atomic E-state index is -1.19. The summed E-state index contributed by atoms with van der Waals surface area (Å²) in [4.78, 5) is 35.9. The molecule has 2 aromatic heterocycles. The largest absolute Gasteiger partial charge is 0.507 e. The maximum absolute atomic E-state index is 14.9. The zero-order chi connectivity index (χ0) is 23.1. The second kappa shape index (κ2) is 8.10. The number of hydrogen-bond acceptors (Lipinski definition) is 7. The van der Waals surface area contributed by atoms with Crippen LogP contribution < -0.4 is 9.64 Å². The highest BCUT2D eigenvalue weighted by atomic mass is 32.1. The fraction of sp³-hybridized carbons (Fsp3) is 0.0833. The van der Waals surface area contributed by atoms with E-state index in [1.54, 1.807) is 31.4 Å². The molecule has 164 valence electrons. The summed E-state index contributed by atoms with van der Waals surface area (Å²) in [6.07, 6.45) is 2.90. The summed E-state index contributed by atoms with van der Waals surface area (Å²) in [5, 5.41) is 11.2. The molecule has 0 spiro atoms. The number of aliphatic hydroxyl groups is 1. The Morgan fingerprint density at radius 3 is 2.61 bits per heavy atom. The number of nitrogens with zero attached hydrogens (tertiary/aromatic N) is 3. The number of anilines is 1. The number of amides is 1. The smallest absolute Gasteiger partial charge is 0.301 e. The molecule has 1 unspecified atom stereocenters. The number of methoxy groups -OCH3 is 1. The predicted molar refractivity (Wildman–Crippen MR) is 122 cm³/mol. The van der Waals surface area contributed by atoms with E-state index in [-0.39, 0.29) is 16.3 Å². The normalized spacial score (nSPS) is 17.6. The van der Waals surface area contributed by atoms with Gasteiger partial charge in [0.05, 0.1) is 22.9 Å². The summed E-state index contributed by atoms with van der Waals surface area (Å²) in [5.74, 6) is -2.23. The highest BCUT2D eigenvalue weighted by Gasteiger charge is 2.49. The first-order valence-electron chi connectivity index (χ1n) is 9.90. The van der Waals surface area contributed by atoms with Gasteiger partial charge in [-0.15, -0.1) is 0 Å². The van der Waals surface area contributed by atoms with Gasteiger partial charge in [-0.2, -0.15) is 0 Å². The van der Waals surface area contributed by atoms with E-state index in [4.69, 9.17) is 4.74 Å². The first kappa shape index (κ1) is 20.8. The van der Waals surface area contributed by atoms with Crippen LogP contribution in [0.3, 0.4) is 0 Å². The van der Waals surface area contributed by atoms with Crippen molar-refractivity contribution in [2.24, 2.45) is 0 Å². The number of halogens is 1. The Morgan fingerprint density at radius 1 is 1.12 bits per heavy atom. The number of ether oxygens (including phenoxy) is 1. The van der Waals surface area contributed by atoms with Crippen molar-refractivity contribution >= 4 is 44.1 Å². The van der Waals surface area contributed by atoms with Gasteiger partial charge in [-0.3, -0.25) is 19.5 Å².